The number of para-hydroxylation sites is 2. The van der Waals surface area contributed by atoms with Gasteiger partial charge in [0.15, 0.2) is 5.58 Å². The van der Waals surface area contributed by atoms with E-state index in [1.54, 1.807) is 12.4 Å². The number of fused-ring (bicyclic) bond motifs is 2. The number of rotatable bonds is 2. The maximum absolute atomic E-state index is 13.0. The molecular weight excluding hydrogens is 366 g/mol. The van der Waals surface area contributed by atoms with Crippen LogP contribution in [0.4, 0.5) is 6.01 Å². The van der Waals surface area contributed by atoms with Crippen LogP contribution in [0.25, 0.3) is 11.1 Å². The molecule has 3 aromatic rings. The number of anilines is 1. The van der Waals surface area contributed by atoms with E-state index in [9.17, 15) is 4.79 Å². The number of carbonyl (C=O) groups is 1. The fourth-order valence-corrected chi connectivity index (χ4v) is 4.05. The van der Waals surface area contributed by atoms with Gasteiger partial charge >= 0.3 is 6.01 Å². The number of allylic oxidation sites excluding steroid dienone is 1. The largest absolute Gasteiger partial charge is 0.423 e. The van der Waals surface area contributed by atoms with Gasteiger partial charge in [-0.15, -0.1) is 0 Å². The topological polar surface area (TPSA) is 92.4 Å². The van der Waals surface area contributed by atoms with Crippen molar-refractivity contribution in [1.82, 2.24) is 15.3 Å². The second kappa shape index (κ2) is 6.55. The van der Waals surface area contributed by atoms with Crippen LogP contribution < -0.4 is 10.6 Å². The van der Waals surface area contributed by atoms with Gasteiger partial charge in [-0.25, -0.2) is 4.99 Å². The van der Waals surface area contributed by atoms with E-state index in [-0.39, 0.29) is 23.2 Å². The van der Waals surface area contributed by atoms with Crippen molar-refractivity contribution in [2.24, 2.45) is 16.3 Å². The van der Waals surface area contributed by atoms with Crippen molar-refractivity contribution in [2.45, 2.75) is 26.3 Å². The SMILES string of the molecule is CC1(C)C=C2NC(Nc3nc4ccccc4o3)=N[C@@H](c3cccnc3)[C@@H]2C(=O)C1. The molecule has 2 atom stereocenters. The molecule has 0 radical (unpaired) electrons. The summed E-state index contributed by atoms with van der Waals surface area (Å²) in [5.41, 5.74) is 3.00. The van der Waals surface area contributed by atoms with E-state index in [0.29, 0.717) is 24.0 Å². The molecule has 1 aliphatic carbocycles. The first kappa shape index (κ1) is 17.6. The van der Waals surface area contributed by atoms with Crippen molar-refractivity contribution in [2.75, 3.05) is 5.32 Å². The number of nitrogens with one attached hydrogen (secondary N) is 2. The Balaban J connectivity index is 1.55. The molecule has 29 heavy (non-hydrogen) atoms. The Kier molecular flexibility index (Phi) is 3.97. The van der Waals surface area contributed by atoms with Gasteiger partial charge in [-0.2, -0.15) is 4.98 Å². The van der Waals surface area contributed by atoms with Gasteiger partial charge in [-0.1, -0.05) is 38.1 Å². The zero-order chi connectivity index (χ0) is 20.0. The highest BCUT2D eigenvalue weighted by Gasteiger charge is 2.42. The van der Waals surface area contributed by atoms with E-state index in [4.69, 9.17) is 9.41 Å². The monoisotopic (exact) mass is 387 g/mol. The van der Waals surface area contributed by atoms with Crippen LogP contribution in [0.3, 0.4) is 0 Å². The number of nitrogens with zero attached hydrogens (tertiary/aromatic N) is 3. The minimum Gasteiger partial charge on any atom is -0.423 e. The number of oxazole rings is 1. The van der Waals surface area contributed by atoms with Crippen molar-refractivity contribution >= 4 is 28.9 Å². The van der Waals surface area contributed by atoms with Gasteiger partial charge in [0.1, 0.15) is 11.3 Å². The van der Waals surface area contributed by atoms with Crippen LogP contribution in [0.2, 0.25) is 0 Å². The summed E-state index contributed by atoms with van der Waals surface area (Å²) in [5.74, 6) is 0.332. The van der Waals surface area contributed by atoms with E-state index in [1.807, 2.05) is 36.4 Å². The zero-order valence-electron chi connectivity index (χ0n) is 16.2. The number of guanidine groups is 1. The number of hydrogen-bond donors (Lipinski definition) is 2. The van der Waals surface area contributed by atoms with Crippen molar-refractivity contribution in [3.8, 4) is 0 Å². The number of carbonyl (C=O) groups excluding carboxylic acids is 1. The molecule has 5 rings (SSSR count). The second-order valence-electron chi connectivity index (χ2n) is 8.15. The van der Waals surface area contributed by atoms with Gasteiger partial charge in [0, 0.05) is 24.5 Å². The summed E-state index contributed by atoms with van der Waals surface area (Å²) in [6.07, 6.45) is 6.10. The molecule has 1 aromatic carbocycles. The number of pyridine rings is 1. The Hall–Kier alpha value is -3.48. The molecular formula is C22H21N5O2. The number of aliphatic imine (C=N–C) groups is 1. The zero-order valence-corrected chi connectivity index (χ0v) is 16.2. The highest BCUT2D eigenvalue weighted by Crippen LogP contribution is 2.42. The second-order valence-corrected chi connectivity index (χ2v) is 8.15. The van der Waals surface area contributed by atoms with Gasteiger partial charge in [0.25, 0.3) is 0 Å². The Morgan fingerprint density at radius 1 is 1.21 bits per heavy atom. The molecule has 0 saturated heterocycles. The highest BCUT2D eigenvalue weighted by molar-refractivity contribution is 5.98. The molecule has 0 bridgehead atoms. The molecule has 0 saturated carbocycles. The third-order valence-corrected chi connectivity index (χ3v) is 5.25. The van der Waals surface area contributed by atoms with E-state index in [0.717, 1.165) is 16.8 Å². The first-order chi connectivity index (χ1) is 14.0. The lowest BCUT2D eigenvalue weighted by molar-refractivity contribution is -0.124. The molecule has 2 N–H and O–H groups in total. The number of benzene rings is 1. The van der Waals surface area contributed by atoms with Crippen LogP contribution in [0, 0.1) is 11.3 Å². The van der Waals surface area contributed by atoms with Crippen molar-refractivity contribution in [3.05, 3.63) is 66.1 Å². The van der Waals surface area contributed by atoms with Crippen molar-refractivity contribution in [1.29, 1.82) is 0 Å². The molecule has 1 aliphatic heterocycles. The lowest BCUT2D eigenvalue weighted by Gasteiger charge is -2.38. The van der Waals surface area contributed by atoms with Gasteiger partial charge in [-0.05, 0) is 29.2 Å². The van der Waals surface area contributed by atoms with Crippen LogP contribution in [-0.4, -0.2) is 21.7 Å². The van der Waals surface area contributed by atoms with Gasteiger partial charge in [0.05, 0.1) is 12.0 Å². The summed E-state index contributed by atoms with van der Waals surface area (Å²) in [6.45, 7) is 4.13. The summed E-state index contributed by atoms with van der Waals surface area (Å²) in [5, 5.41) is 6.43. The van der Waals surface area contributed by atoms with Crippen LogP contribution in [0.5, 0.6) is 0 Å². The predicted molar refractivity (Wildman–Crippen MR) is 110 cm³/mol. The fourth-order valence-electron chi connectivity index (χ4n) is 4.05. The maximum Gasteiger partial charge on any atom is 0.302 e. The molecule has 146 valence electrons. The Labute approximate surface area is 168 Å². The van der Waals surface area contributed by atoms with Gasteiger partial charge < -0.3 is 9.73 Å². The van der Waals surface area contributed by atoms with Crippen LogP contribution >= 0.6 is 0 Å². The Morgan fingerprint density at radius 2 is 2.07 bits per heavy atom. The summed E-state index contributed by atoms with van der Waals surface area (Å²) >= 11 is 0. The standard InChI is InChI=1S/C22H21N5O2/c1-22(2)10-15-18(16(28)11-22)19(13-6-5-9-23-12-13)26-20(24-15)27-21-25-14-7-3-4-8-17(14)29-21/h3-10,12,18-19H,11H2,1-2H3,(H2,24,25,26,27)/t18-,19-/m0/s1. The molecule has 7 heteroatoms. The van der Waals surface area contributed by atoms with E-state index >= 15 is 0 Å². The number of aromatic nitrogens is 2. The average molecular weight is 387 g/mol. The van der Waals surface area contributed by atoms with Crippen LogP contribution in [0.1, 0.15) is 31.9 Å². The summed E-state index contributed by atoms with van der Waals surface area (Å²) in [7, 11) is 0. The molecule has 0 spiro atoms. The first-order valence-electron chi connectivity index (χ1n) is 9.61. The van der Waals surface area contributed by atoms with Gasteiger partial charge in [0.2, 0.25) is 5.96 Å². The quantitative estimate of drug-likeness (QED) is 0.694. The lowest BCUT2D eigenvalue weighted by Crippen LogP contribution is -2.45. The number of Topliss-reactive ketones (excluding diaryl/α,β-unsaturated/α-hetero) is 1. The fraction of sp³-hybridized carbons (Fsp3) is 0.273. The molecule has 0 unspecified atom stereocenters. The third-order valence-electron chi connectivity index (χ3n) is 5.25. The van der Waals surface area contributed by atoms with E-state index in [2.05, 4.69) is 40.5 Å². The highest BCUT2D eigenvalue weighted by atomic mass is 16.4. The smallest absolute Gasteiger partial charge is 0.302 e. The lowest BCUT2D eigenvalue weighted by atomic mass is 9.72. The molecule has 3 heterocycles. The number of ketones is 1. The first-order valence-corrected chi connectivity index (χ1v) is 9.61. The van der Waals surface area contributed by atoms with Crippen molar-refractivity contribution in [3.63, 3.8) is 0 Å². The molecule has 0 fully saturated rings. The van der Waals surface area contributed by atoms with Crippen LogP contribution in [0.15, 0.2) is 70.0 Å². The van der Waals surface area contributed by atoms with E-state index in [1.165, 1.54) is 0 Å². The number of hydrogen-bond acceptors (Lipinski definition) is 7. The van der Waals surface area contributed by atoms with Gasteiger partial charge in [-0.3, -0.25) is 15.1 Å². The summed E-state index contributed by atoms with van der Waals surface area (Å²) in [4.78, 5) is 26.5. The molecule has 2 aliphatic rings. The molecule has 7 nitrogen and oxygen atoms in total. The molecule has 0 amide bonds. The predicted octanol–water partition coefficient (Wildman–Crippen LogP) is 3.83. The average Bonchev–Trinajstić information content (AvgIpc) is 3.09. The summed E-state index contributed by atoms with van der Waals surface area (Å²) < 4.78 is 5.77. The third kappa shape index (κ3) is 3.29. The summed E-state index contributed by atoms with van der Waals surface area (Å²) in [6, 6.07) is 11.4. The Bertz CT molecular complexity index is 1110. The maximum atomic E-state index is 13.0. The normalized spacial score (nSPS) is 23.0. The van der Waals surface area contributed by atoms with E-state index < -0.39 is 0 Å². The minimum absolute atomic E-state index is 0.179. The molecule has 2 aromatic heterocycles. The van der Waals surface area contributed by atoms with Crippen molar-refractivity contribution < 1.29 is 9.21 Å². The van der Waals surface area contributed by atoms with Crippen LogP contribution in [-0.2, 0) is 4.79 Å². The Morgan fingerprint density at radius 3 is 2.86 bits per heavy atom. The minimum atomic E-state index is -0.355.